The van der Waals surface area contributed by atoms with E-state index in [2.05, 4.69) is 25.3 Å². The Labute approximate surface area is 139 Å². The number of rotatable bonds is 4. The van der Waals surface area contributed by atoms with E-state index >= 15 is 0 Å². The molecule has 0 atom stereocenters. The van der Waals surface area contributed by atoms with Gasteiger partial charge in [0.25, 0.3) is 5.56 Å². The normalized spacial score (nSPS) is 11.2. The lowest BCUT2D eigenvalue weighted by Crippen LogP contribution is -2.09. The van der Waals surface area contributed by atoms with Crippen molar-refractivity contribution < 1.29 is 4.42 Å². The van der Waals surface area contributed by atoms with E-state index < -0.39 is 0 Å². The second kappa shape index (κ2) is 5.93. The van der Waals surface area contributed by atoms with E-state index in [1.807, 2.05) is 30.3 Å². The Morgan fingerprint density at radius 1 is 1.25 bits per heavy atom. The Balaban J connectivity index is 1.71. The third-order valence-electron chi connectivity index (χ3n) is 3.32. The molecule has 0 radical (unpaired) electrons. The number of aromatic amines is 1. The van der Waals surface area contributed by atoms with E-state index in [1.165, 1.54) is 18.0 Å². The van der Waals surface area contributed by atoms with Crippen molar-refractivity contribution in [3.8, 4) is 5.69 Å². The van der Waals surface area contributed by atoms with Crippen LogP contribution in [0.15, 0.2) is 50.9 Å². The Kier molecular flexibility index (Phi) is 3.62. The number of fused-ring (bicyclic) bond motifs is 1. The summed E-state index contributed by atoms with van der Waals surface area (Å²) in [6.07, 6.45) is 1.52. The topological polar surface area (TPSA) is 102 Å². The molecule has 3 aromatic heterocycles. The molecular formula is C15H12N6O2S. The molecule has 0 saturated heterocycles. The first-order valence-electron chi connectivity index (χ1n) is 7.16. The quantitative estimate of drug-likeness (QED) is 0.448. The standard InChI is InChI=1S/C15H12N6O2S/c1-9-19-20-12(23-9)8-24-15-17-13-11(14(22)18-15)7-16-21(13)10-5-3-2-4-6-10/h2-7H,8H2,1H3,(H,17,18,22). The van der Waals surface area contributed by atoms with E-state index in [1.54, 1.807) is 11.6 Å². The molecule has 0 bridgehead atoms. The first kappa shape index (κ1) is 14.6. The van der Waals surface area contributed by atoms with Gasteiger partial charge in [-0.05, 0) is 12.1 Å². The fraction of sp³-hybridized carbons (Fsp3) is 0.133. The van der Waals surface area contributed by atoms with Crippen molar-refractivity contribution >= 4 is 22.8 Å². The van der Waals surface area contributed by atoms with Crippen LogP contribution in [0.3, 0.4) is 0 Å². The monoisotopic (exact) mass is 340 g/mol. The molecule has 0 aliphatic carbocycles. The fourth-order valence-corrected chi connectivity index (χ4v) is 2.94. The van der Waals surface area contributed by atoms with Crippen LogP contribution < -0.4 is 5.56 Å². The fourth-order valence-electron chi connectivity index (χ4n) is 2.25. The Bertz CT molecular complexity index is 1050. The van der Waals surface area contributed by atoms with Crippen LogP contribution in [0.1, 0.15) is 11.8 Å². The third kappa shape index (κ3) is 2.69. The van der Waals surface area contributed by atoms with Gasteiger partial charge in [0.2, 0.25) is 11.8 Å². The highest BCUT2D eigenvalue weighted by molar-refractivity contribution is 7.98. The van der Waals surface area contributed by atoms with Crippen LogP contribution in [-0.4, -0.2) is 29.9 Å². The number of para-hydroxylation sites is 1. The molecule has 0 unspecified atom stereocenters. The summed E-state index contributed by atoms with van der Waals surface area (Å²) >= 11 is 1.32. The minimum Gasteiger partial charge on any atom is -0.425 e. The SMILES string of the molecule is Cc1nnc(CSc2nc3c(cnn3-c3ccccc3)c(=O)[nH]2)o1. The smallest absolute Gasteiger partial charge is 0.262 e. The van der Waals surface area contributed by atoms with E-state index in [4.69, 9.17) is 4.42 Å². The van der Waals surface area contributed by atoms with Gasteiger partial charge in [-0.2, -0.15) is 5.10 Å². The van der Waals surface area contributed by atoms with Crippen LogP contribution in [-0.2, 0) is 5.75 Å². The molecular weight excluding hydrogens is 328 g/mol. The summed E-state index contributed by atoms with van der Waals surface area (Å²) in [5, 5.41) is 12.9. The molecule has 1 aromatic carbocycles. The number of aryl methyl sites for hydroxylation is 1. The predicted molar refractivity (Wildman–Crippen MR) is 88.1 cm³/mol. The van der Waals surface area contributed by atoms with Gasteiger partial charge in [0.1, 0.15) is 5.39 Å². The summed E-state index contributed by atoms with van der Waals surface area (Å²) in [5.74, 6) is 1.41. The molecule has 3 heterocycles. The second-order valence-corrected chi connectivity index (χ2v) is 5.97. The predicted octanol–water partition coefficient (Wildman–Crippen LogP) is 2.09. The molecule has 8 nitrogen and oxygen atoms in total. The van der Waals surface area contributed by atoms with Gasteiger partial charge >= 0.3 is 0 Å². The number of H-pyrrole nitrogens is 1. The van der Waals surface area contributed by atoms with Gasteiger partial charge in [-0.25, -0.2) is 9.67 Å². The minimum absolute atomic E-state index is 0.230. The molecule has 9 heteroatoms. The van der Waals surface area contributed by atoms with Gasteiger partial charge in [-0.15, -0.1) is 10.2 Å². The van der Waals surface area contributed by atoms with Crippen molar-refractivity contribution in [3.63, 3.8) is 0 Å². The zero-order valence-corrected chi connectivity index (χ0v) is 13.4. The van der Waals surface area contributed by atoms with Crippen LogP contribution in [0.2, 0.25) is 0 Å². The summed E-state index contributed by atoms with van der Waals surface area (Å²) in [6.45, 7) is 1.73. The number of nitrogens with one attached hydrogen (secondary N) is 1. The highest BCUT2D eigenvalue weighted by atomic mass is 32.2. The zero-order valence-electron chi connectivity index (χ0n) is 12.6. The molecule has 4 aromatic rings. The Morgan fingerprint density at radius 3 is 2.83 bits per heavy atom. The van der Waals surface area contributed by atoms with Crippen LogP contribution in [0.4, 0.5) is 0 Å². The average molecular weight is 340 g/mol. The first-order valence-corrected chi connectivity index (χ1v) is 8.14. The van der Waals surface area contributed by atoms with Crippen LogP contribution >= 0.6 is 11.8 Å². The van der Waals surface area contributed by atoms with Gasteiger partial charge in [-0.3, -0.25) is 4.79 Å². The lowest BCUT2D eigenvalue weighted by molar-refractivity contribution is 0.485. The lowest BCUT2D eigenvalue weighted by Gasteiger charge is -2.03. The number of hydrogen-bond donors (Lipinski definition) is 1. The molecule has 0 amide bonds. The van der Waals surface area contributed by atoms with Crippen molar-refractivity contribution in [3.05, 3.63) is 58.7 Å². The minimum atomic E-state index is -0.230. The molecule has 120 valence electrons. The van der Waals surface area contributed by atoms with Crippen molar-refractivity contribution in [1.29, 1.82) is 0 Å². The van der Waals surface area contributed by atoms with Gasteiger partial charge in [0.15, 0.2) is 10.8 Å². The maximum absolute atomic E-state index is 12.2. The summed E-state index contributed by atoms with van der Waals surface area (Å²) in [6, 6.07) is 9.54. The molecule has 0 aliphatic heterocycles. The van der Waals surface area contributed by atoms with Crippen molar-refractivity contribution in [2.24, 2.45) is 0 Å². The van der Waals surface area contributed by atoms with Gasteiger partial charge in [-0.1, -0.05) is 30.0 Å². The van der Waals surface area contributed by atoms with E-state index in [9.17, 15) is 4.79 Å². The van der Waals surface area contributed by atoms with Crippen molar-refractivity contribution in [2.75, 3.05) is 0 Å². The molecule has 24 heavy (non-hydrogen) atoms. The molecule has 0 fully saturated rings. The number of benzene rings is 1. The Hall–Kier alpha value is -2.94. The van der Waals surface area contributed by atoms with E-state index in [0.29, 0.717) is 33.7 Å². The highest BCUT2D eigenvalue weighted by Crippen LogP contribution is 2.20. The van der Waals surface area contributed by atoms with Gasteiger partial charge in [0.05, 0.1) is 17.6 Å². The van der Waals surface area contributed by atoms with Crippen LogP contribution in [0.5, 0.6) is 0 Å². The van der Waals surface area contributed by atoms with Crippen LogP contribution in [0.25, 0.3) is 16.7 Å². The molecule has 4 rings (SSSR count). The van der Waals surface area contributed by atoms with Gasteiger partial charge in [0, 0.05) is 6.92 Å². The number of nitrogens with zero attached hydrogens (tertiary/aromatic N) is 5. The van der Waals surface area contributed by atoms with Crippen molar-refractivity contribution in [1.82, 2.24) is 29.9 Å². The van der Waals surface area contributed by atoms with Gasteiger partial charge < -0.3 is 9.40 Å². The largest absolute Gasteiger partial charge is 0.425 e. The summed E-state index contributed by atoms with van der Waals surface area (Å²) < 4.78 is 6.96. The van der Waals surface area contributed by atoms with Crippen molar-refractivity contribution in [2.45, 2.75) is 17.8 Å². The zero-order chi connectivity index (χ0) is 16.5. The second-order valence-electron chi connectivity index (χ2n) is 5.00. The summed E-state index contributed by atoms with van der Waals surface area (Å²) in [5.41, 5.74) is 1.12. The molecule has 0 spiro atoms. The number of thioether (sulfide) groups is 1. The molecule has 0 saturated carbocycles. The number of aromatic nitrogens is 6. The lowest BCUT2D eigenvalue weighted by atomic mass is 10.3. The first-order chi connectivity index (χ1) is 11.7. The number of hydrogen-bond acceptors (Lipinski definition) is 7. The summed E-state index contributed by atoms with van der Waals surface area (Å²) in [4.78, 5) is 19.5. The maximum atomic E-state index is 12.2. The van der Waals surface area contributed by atoms with E-state index in [0.717, 1.165) is 5.69 Å². The highest BCUT2D eigenvalue weighted by Gasteiger charge is 2.12. The van der Waals surface area contributed by atoms with E-state index in [-0.39, 0.29) is 5.56 Å². The molecule has 0 aliphatic rings. The third-order valence-corrected chi connectivity index (χ3v) is 4.18. The Morgan fingerprint density at radius 2 is 2.08 bits per heavy atom. The maximum Gasteiger partial charge on any atom is 0.262 e. The average Bonchev–Trinajstić information content (AvgIpc) is 3.20. The van der Waals surface area contributed by atoms with Crippen LogP contribution in [0, 0.1) is 6.92 Å². The summed E-state index contributed by atoms with van der Waals surface area (Å²) in [7, 11) is 0. The molecule has 1 N–H and O–H groups in total.